The lowest BCUT2D eigenvalue weighted by Gasteiger charge is -2.34. The molecule has 0 amide bonds. The topological polar surface area (TPSA) is 3.24 Å². The van der Waals surface area contributed by atoms with Crippen molar-refractivity contribution in [2.24, 2.45) is 0 Å². The molecular weight excluding hydrogens is 783 g/mol. The molecule has 10 aromatic carbocycles. The summed E-state index contributed by atoms with van der Waals surface area (Å²) >= 11 is 0. The Morgan fingerprint density at radius 1 is 0.338 bits per heavy atom. The summed E-state index contributed by atoms with van der Waals surface area (Å²) in [5.74, 6) is 0. The maximum atomic E-state index is 2.41. The standard InChI is InChI=1S/C64H47N/c1-63(2)60-42-44(35-39-54(60)55-41-38-50(43-61(55)63)65(48-24-11-5-12-25-48)49-26-13-6-14-27-49)34-36-45-37-40-53(52-29-16-15-28-51(45)52)56-31-19-33-59-62(56)57-30-17-18-32-58(57)64(59,46-20-7-3-8-21-46)47-22-9-4-10-23-47/h3-43H,1-2H3/b36-34+. The van der Waals surface area contributed by atoms with Gasteiger partial charge >= 0.3 is 0 Å². The molecule has 0 fully saturated rings. The summed E-state index contributed by atoms with van der Waals surface area (Å²) in [6.07, 6.45) is 4.60. The van der Waals surface area contributed by atoms with Gasteiger partial charge in [0.05, 0.1) is 5.41 Å². The van der Waals surface area contributed by atoms with E-state index in [0.717, 1.165) is 17.1 Å². The number of fused-ring (bicyclic) bond motifs is 7. The molecule has 0 saturated carbocycles. The summed E-state index contributed by atoms with van der Waals surface area (Å²) in [6, 6.07) is 87.1. The van der Waals surface area contributed by atoms with E-state index in [1.54, 1.807) is 0 Å². The van der Waals surface area contributed by atoms with Crippen LogP contribution in [0.25, 0.3) is 56.3 Å². The van der Waals surface area contributed by atoms with Crippen LogP contribution in [0.4, 0.5) is 17.1 Å². The highest BCUT2D eigenvalue weighted by Crippen LogP contribution is 2.59. The fourth-order valence-electron chi connectivity index (χ4n) is 11.2. The quantitative estimate of drug-likeness (QED) is 0.138. The molecule has 0 N–H and O–H groups in total. The molecule has 308 valence electrons. The maximum Gasteiger partial charge on any atom is 0.0713 e. The normalized spacial score (nSPS) is 13.9. The minimum absolute atomic E-state index is 0.176. The number of hydrogen-bond acceptors (Lipinski definition) is 1. The zero-order valence-corrected chi connectivity index (χ0v) is 36.6. The first-order valence-electron chi connectivity index (χ1n) is 22.8. The van der Waals surface area contributed by atoms with Crippen molar-refractivity contribution in [1.82, 2.24) is 0 Å². The molecule has 65 heavy (non-hydrogen) atoms. The van der Waals surface area contributed by atoms with E-state index in [9.17, 15) is 0 Å². The number of rotatable bonds is 8. The van der Waals surface area contributed by atoms with Gasteiger partial charge in [0.1, 0.15) is 0 Å². The Hall–Kier alpha value is -8.00. The minimum atomic E-state index is -0.443. The predicted molar refractivity (Wildman–Crippen MR) is 274 cm³/mol. The molecule has 1 nitrogen and oxygen atoms in total. The molecule has 0 atom stereocenters. The molecule has 0 radical (unpaired) electrons. The Morgan fingerprint density at radius 3 is 1.54 bits per heavy atom. The van der Waals surface area contributed by atoms with E-state index in [-0.39, 0.29) is 5.41 Å². The third-order valence-electron chi connectivity index (χ3n) is 14.2. The summed E-state index contributed by atoms with van der Waals surface area (Å²) in [6.45, 7) is 4.75. The molecule has 12 rings (SSSR count). The average molecular weight is 830 g/mol. The monoisotopic (exact) mass is 829 g/mol. The van der Waals surface area contributed by atoms with Crippen LogP contribution in [-0.4, -0.2) is 0 Å². The Kier molecular flexibility index (Phi) is 9.14. The van der Waals surface area contributed by atoms with E-state index in [2.05, 4.69) is 267 Å². The van der Waals surface area contributed by atoms with Gasteiger partial charge in [-0.3, -0.25) is 0 Å². The highest BCUT2D eigenvalue weighted by Gasteiger charge is 2.47. The first-order valence-corrected chi connectivity index (χ1v) is 22.8. The van der Waals surface area contributed by atoms with Crippen LogP contribution in [0.1, 0.15) is 58.4 Å². The first-order chi connectivity index (χ1) is 32.0. The van der Waals surface area contributed by atoms with Crippen molar-refractivity contribution < 1.29 is 0 Å². The lowest BCUT2D eigenvalue weighted by Crippen LogP contribution is -2.28. The summed E-state index contributed by atoms with van der Waals surface area (Å²) < 4.78 is 0. The van der Waals surface area contributed by atoms with Crippen molar-refractivity contribution in [2.75, 3.05) is 4.90 Å². The molecule has 0 spiro atoms. The molecule has 2 aliphatic carbocycles. The van der Waals surface area contributed by atoms with Crippen molar-refractivity contribution in [1.29, 1.82) is 0 Å². The molecule has 0 unspecified atom stereocenters. The van der Waals surface area contributed by atoms with Crippen molar-refractivity contribution in [3.05, 3.63) is 281 Å². The van der Waals surface area contributed by atoms with Gasteiger partial charge in [0.25, 0.3) is 0 Å². The summed E-state index contributed by atoms with van der Waals surface area (Å²) in [5.41, 5.74) is 20.9. The number of nitrogens with zero attached hydrogens (tertiary/aromatic N) is 1. The van der Waals surface area contributed by atoms with Gasteiger partial charge in [-0.25, -0.2) is 0 Å². The van der Waals surface area contributed by atoms with Gasteiger partial charge in [0.15, 0.2) is 0 Å². The van der Waals surface area contributed by atoms with E-state index >= 15 is 0 Å². The highest BCUT2D eigenvalue weighted by molar-refractivity contribution is 6.06. The van der Waals surface area contributed by atoms with Crippen LogP contribution < -0.4 is 4.90 Å². The van der Waals surface area contributed by atoms with Gasteiger partial charge in [0, 0.05) is 22.5 Å². The SMILES string of the molecule is CC1(C)c2cc(/C=C/c3ccc(-c4cccc5c4-c4ccccc4C5(c4ccccc4)c4ccccc4)c4ccccc34)ccc2-c2ccc(N(c3ccccc3)c3ccccc3)cc21. The highest BCUT2D eigenvalue weighted by atomic mass is 15.1. The van der Waals surface area contributed by atoms with Crippen LogP contribution in [0.5, 0.6) is 0 Å². The predicted octanol–water partition coefficient (Wildman–Crippen LogP) is 16.8. The van der Waals surface area contributed by atoms with Crippen LogP contribution in [0.2, 0.25) is 0 Å². The summed E-state index contributed by atoms with van der Waals surface area (Å²) in [7, 11) is 0. The van der Waals surface area contributed by atoms with Gasteiger partial charge in [-0.1, -0.05) is 226 Å². The van der Waals surface area contributed by atoms with Crippen molar-refractivity contribution in [2.45, 2.75) is 24.7 Å². The smallest absolute Gasteiger partial charge is 0.0713 e. The molecule has 10 aromatic rings. The van der Waals surface area contributed by atoms with Crippen molar-refractivity contribution >= 4 is 40.0 Å². The lowest BCUT2D eigenvalue weighted by molar-refractivity contribution is 0.660. The average Bonchev–Trinajstić information content (AvgIpc) is 3.80. The Balaban J connectivity index is 0.923. The second kappa shape index (κ2) is 15.4. The minimum Gasteiger partial charge on any atom is -0.310 e. The summed E-state index contributed by atoms with van der Waals surface area (Å²) in [4.78, 5) is 2.36. The van der Waals surface area contributed by atoms with Gasteiger partial charge in [0.2, 0.25) is 0 Å². The van der Waals surface area contributed by atoms with E-state index in [4.69, 9.17) is 0 Å². The maximum absolute atomic E-state index is 2.41. The lowest BCUT2D eigenvalue weighted by atomic mass is 9.67. The van der Waals surface area contributed by atoms with Crippen molar-refractivity contribution in [3.8, 4) is 33.4 Å². The van der Waals surface area contributed by atoms with E-state index in [1.807, 2.05) is 0 Å². The van der Waals surface area contributed by atoms with Crippen LogP contribution in [0.15, 0.2) is 237 Å². The van der Waals surface area contributed by atoms with Crippen LogP contribution >= 0.6 is 0 Å². The van der Waals surface area contributed by atoms with E-state index < -0.39 is 5.41 Å². The summed E-state index contributed by atoms with van der Waals surface area (Å²) in [5, 5.41) is 2.49. The molecule has 0 heterocycles. The van der Waals surface area contributed by atoms with Gasteiger partial charge in [-0.15, -0.1) is 0 Å². The Morgan fingerprint density at radius 2 is 0.862 bits per heavy atom. The number of para-hydroxylation sites is 2. The van der Waals surface area contributed by atoms with Crippen LogP contribution in [0, 0.1) is 0 Å². The fraction of sp³-hybridized carbons (Fsp3) is 0.0625. The molecular formula is C64H47N. The van der Waals surface area contributed by atoms with Crippen LogP contribution in [-0.2, 0) is 10.8 Å². The van der Waals surface area contributed by atoms with Gasteiger partial charge < -0.3 is 4.90 Å². The largest absolute Gasteiger partial charge is 0.310 e. The second-order valence-corrected chi connectivity index (χ2v) is 18.0. The first kappa shape index (κ1) is 38.7. The fourth-order valence-corrected chi connectivity index (χ4v) is 11.2. The number of benzene rings is 10. The molecule has 0 saturated heterocycles. The third kappa shape index (κ3) is 6.07. The molecule has 0 aromatic heterocycles. The molecule has 2 aliphatic rings. The van der Waals surface area contributed by atoms with E-state index in [0.29, 0.717) is 0 Å². The Labute approximate surface area is 382 Å². The van der Waals surface area contributed by atoms with Gasteiger partial charge in [-0.2, -0.15) is 0 Å². The zero-order valence-electron chi connectivity index (χ0n) is 36.6. The number of hydrogen-bond donors (Lipinski definition) is 0. The van der Waals surface area contributed by atoms with Crippen molar-refractivity contribution in [3.63, 3.8) is 0 Å². The second-order valence-electron chi connectivity index (χ2n) is 18.0. The third-order valence-corrected chi connectivity index (χ3v) is 14.2. The molecule has 0 aliphatic heterocycles. The van der Waals surface area contributed by atoms with Gasteiger partial charge in [-0.05, 0) is 125 Å². The molecule has 0 bridgehead atoms. The number of anilines is 3. The van der Waals surface area contributed by atoms with Crippen LogP contribution in [0.3, 0.4) is 0 Å². The van der Waals surface area contributed by atoms with E-state index in [1.165, 1.54) is 88.7 Å². The Bertz CT molecular complexity index is 3360. The zero-order chi connectivity index (χ0) is 43.5. The molecule has 1 heteroatoms.